The lowest BCUT2D eigenvalue weighted by atomic mass is 10.1. The molecule has 5 heteroatoms. The minimum atomic E-state index is 0.569. The molecule has 0 saturated heterocycles. The molecule has 0 spiro atoms. The first-order chi connectivity index (χ1) is 11.3. The number of para-hydroxylation sites is 1. The standard InChI is InChI=1S/C18H15N5/c19-14-11-9-13(10-12-14)16-7-4-8-17-21-18(22-23(16)17)20-15-5-2-1-3-6-15/h1-12H,19H2,(H,20,22). The molecule has 23 heavy (non-hydrogen) atoms. The van der Waals surface area contributed by atoms with Crippen LogP contribution in [-0.4, -0.2) is 14.6 Å². The van der Waals surface area contributed by atoms with Crippen LogP contribution in [0.1, 0.15) is 0 Å². The van der Waals surface area contributed by atoms with E-state index in [0.717, 1.165) is 28.3 Å². The first-order valence-corrected chi connectivity index (χ1v) is 7.33. The van der Waals surface area contributed by atoms with Gasteiger partial charge >= 0.3 is 0 Å². The van der Waals surface area contributed by atoms with Crippen LogP contribution in [0.5, 0.6) is 0 Å². The van der Waals surface area contributed by atoms with Crippen molar-refractivity contribution < 1.29 is 0 Å². The normalized spacial score (nSPS) is 10.8. The Morgan fingerprint density at radius 3 is 2.39 bits per heavy atom. The summed E-state index contributed by atoms with van der Waals surface area (Å²) in [5, 5.41) is 7.79. The van der Waals surface area contributed by atoms with Gasteiger partial charge in [0.2, 0.25) is 5.95 Å². The van der Waals surface area contributed by atoms with Gasteiger partial charge in [0, 0.05) is 16.9 Å². The number of nitrogens with one attached hydrogen (secondary N) is 1. The molecule has 0 amide bonds. The van der Waals surface area contributed by atoms with E-state index in [1.165, 1.54) is 0 Å². The highest BCUT2D eigenvalue weighted by molar-refractivity contribution is 5.66. The predicted octanol–water partition coefficient (Wildman–Crippen LogP) is 3.72. The molecular formula is C18H15N5. The van der Waals surface area contributed by atoms with E-state index in [1.54, 1.807) is 0 Å². The number of anilines is 3. The lowest BCUT2D eigenvalue weighted by Gasteiger charge is -2.04. The van der Waals surface area contributed by atoms with Crippen molar-refractivity contribution >= 4 is 23.0 Å². The average Bonchev–Trinajstić information content (AvgIpc) is 2.99. The van der Waals surface area contributed by atoms with Gasteiger partial charge in [0.05, 0.1) is 5.69 Å². The summed E-state index contributed by atoms with van der Waals surface area (Å²) >= 11 is 0. The molecule has 0 aliphatic rings. The molecule has 0 aliphatic carbocycles. The molecule has 0 radical (unpaired) electrons. The van der Waals surface area contributed by atoms with Gasteiger partial charge in [-0.05, 0) is 36.4 Å². The largest absolute Gasteiger partial charge is 0.399 e. The topological polar surface area (TPSA) is 68.2 Å². The Hall–Kier alpha value is -3.34. The maximum absolute atomic E-state index is 5.76. The van der Waals surface area contributed by atoms with E-state index < -0.39 is 0 Å². The lowest BCUT2D eigenvalue weighted by Crippen LogP contribution is -1.95. The SMILES string of the molecule is Nc1ccc(-c2cccc3nc(Nc4ccccc4)nn23)cc1. The Labute approximate surface area is 133 Å². The van der Waals surface area contributed by atoms with Crippen LogP contribution >= 0.6 is 0 Å². The molecule has 5 nitrogen and oxygen atoms in total. The Morgan fingerprint density at radius 1 is 0.826 bits per heavy atom. The number of hydrogen-bond acceptors (Lipinski definition) is 4. The Kier molecular flexibility index (Phi) is 3.16. The molecule has 0 bridgehead atoms. The molecule has 0 fully saturated rings. The second-order valence-corrected chi connectivity index (χ2v) is 5.23. The molecule has 2 heterocycles. The third kappa shape index (κ3) is 2.60. The van der Waals surface area contributed by atoms with Crippen LogP contribution in [0.25, 0.3) is 16.9 Å². The molecule has 2 aromatic carbocycles. The molecule has 0 unspecified atom stereocenters. The summed E-state index contributed by atoms with van der Waals surface area (Å²) in [7, 11) is 0. The number of rotatable bonds is 3. The number of nitrogens with two attached hydrogens (primary N) is 1. The molecule has 0 saturated carbocycles. The average molecular weight is 301 g/mol. The number of aromatic nitrogens is 3. The second kappa shape index (κ2) is 5.46. The van der Waals surface area contributed by atoms with Gasteiger partial charge in [-0.1, -0.05) is 36.4 Å². The lowest BCUT2D eigenvalue weighted by molar-refractivity contribution is 0.973. The molecule has 0 atom stereocenters. The molecular weight excluding hydrogens is 286 g/mol. The number of nitrogen functional groups attached to an aromatic ring is 1. The maximum Gasteiger partial charge on any atom is 0.247 e. The summed E-state index contributed by atoms with van der Waals surface area (Å²) in [5.74, 6) is 0.569. The second-order valence-electron chi connectivity index (χ2n) is 5.23. The highest BCUT2D eigenvalue weighted by Crippen LogP contribution is 2.22. The van der Waals surface area contributed by atoms with Crippen molar-refractivity contribution in [3.05, 3.63) is 72.8 Å². The maximum atomic E-state index is 5.76. The van der Waals surface area contributed by atoms with E-state index in [9.17, 15) is 0 Å². The van der Waals surface area contributed by atoms with Crippen LogP contribution < -0.4 is 11.1 Å². The van der Waals surface area contributed by atoms with Crippen molar-refractivity contribution in [1.82, 2.24) is 14.6 Å². The monoisotopic (exact) mass is 301 g/mol. The van der Waals surface area contributed by atoms with Gasteiger partial charge < -0.3 is 11.1 Å². The summed E-state index contributed by atoms with van der Waals surface area (Å²) in [4.78, 5) is 4.53. The third-order valence-electron chi connectivity index (χ3n) is 3.60. The van der Waals surface area contributed by atoms with Crippen molar-refractivity contribution in [3.8, 4) is 11.3 Å². The van der Waals surface area contributed by atoms with Gasteiger partial charge in [0.15, 0.2) is 5.65 Å². The molecule has 4 rings (SSSR count). The number of hydrogen-bond donors (Lipinski definition) is 2. The van der Waals surface area contributed by atoms with Gasteiger partial charge in [0.25, 0.3) is 0 Å². The van der Waals surface area contributed by atoms with Crippen molar-refractivity contribution in [2.45, 2.75) is 0 Å². The zero-order valence-corrected chi connectivity index (χ0v) is 12.3. The summed E-state index contributed by atoms with van der Waals surface area (Å²) in [6, 6.07) is 23.5. The van der Waals surface area contributed by atoms with E-state index in [4.69, 9.17) is 5.73 Å². The van der Waals surface area contributed by atoms with Crippen LogP contribution in [0, 0.1) is 0 Å². The molecule has 0 aliphatic heterocycles. The van der Waals surface area contributed by atoms with E-state index in [2.05, 4.69) is 15.4 Å². The number of pyridine rings is 1. The highest BCUT2D eigenvalue weighted by Gasteiger charge is 2.08. The number of fused-ring (bicyclic) bond motifs is 1. The summed E-state index contributed by atoms with van der Waals surface area (Å²) in [5.41, 5.74) is 10.3. The summed E-state index contributed by atoms with van der Waals surface area (Å²) in [6.45, 7) is 0. The first-order valence-electron chi connectivity index (χ1n) is 7.33. The molecule has 112 valence electrons. The van der Waals surface area contributed by atoms with Crippen molar-refractivity contribution in [3.63, 3.8) is 0 Å². The Bertz CT molecular complexity index is 942. The van der Waals surface area contributed by atoms with E-state index in [0.29, 0.717) is 5.95 Å². The molecule has 4 aromatic rings. The third-order valence-corrected chi connectivity index (χ3v) is 3.60. The van der Waals surface area contributed by atoms with Gasteiger partial charge in [-0.2, -0.15) is 4.98 Å². The van der Waals surface area contributed by atoms with E-state index in [-0.39, 0.29) is 0 Å². The van der Waals surface area contributed by atoms with E-state index >= 15 is 0 Å². The van der Waals surface area contributed by atoms with Crippen molar-refractivity contribution in [2.75, 3.05) is 11.1 Å². The van der Waals surface area contributed by atoms with Gasteiger partial charge in [-0.15, -0.1) is 5.10 Å². The van der Waals surface area contributed by atoms with E-state index in [1.807, 2.05) is 77.3 Å². The van der Waals surface area contributed by atoms with Crippen LogP contribution in [0.3, 0.4) is 0 Å². The van der Waals surface area contributed by atoms with Crippen LogP contribution in [0.4, 0.5) is 17.3 Å². The molecule has 2 aromatic heterocycles. The fourth-order valence-electron chi connectivity index (χ4n) is 2.48. The predicted molar refractivity (Wildman–Crippen MR) is 92.6 cm³/mol. The van der Waals surface area contributed by atoms with Crippen LogP contribution in [-0.2, 0) is 0 Å². The summed E-state index contributed by atoms with van der Waals surface area (Å²) < 4.78 is 1.83. The number of nitrogens with zero attached hydrogens (tertiary/aromatic N) is 3. The smallest absolute Gasteiger partial charge is 0.247 e. The minimum absolute atomic E-state index is 0.569. The van der Waals surface area contributed by atoms with Gasteiger partial charge in [-0.25, -0.2) is 4.52 Å². The quantitative estimate of drug-likeness (QED) is 0.566. The fraction of sp³-hybridized carbons (Fsp3) is 0. The van der Waals surface area contributed by atoms with Crippen molar-refractivity contribution in [1.29, 1.82) is 0 Å². The van der Waals surface area contributed by atoms with Crippen molar-refractivity contribution in [2.24, 2.45) is 0 Å². The van der Waals surface area contributed by atoms with Crippen LogP contribution in [0.2, 0.25) is 0 Å². The van der Waals surface area contributed by atoms with Gasteiger partial charge in [-0.3, -0.25) is 0 Å². The zero-order chi connectivity index (χ0) is 15.6. The minimum Gasteiger partial charge on any atom is -0.399 e. The summed E-state index contributed by atoms with van der Waals surface area (Å²) in [6.07, 6.45) is 0. The first kappa shape index (κ1) is 13.3. The number of benzene rings is 2. The zero-order valence-electron chi connectivity index (χ0n) is 12.3. The van der Waals surface area contributed by atoms with Gasteiger partial charge in [0.1, 0.15) is 0 Å². The highest BCUT2D eigenvalue weighted by atomic mass is 15.4. The fourth-order valence-corrected chi connectivity index (χ4v) is 2.48. The molecule has 3 N–H and O–H groups in total. The van der Waals surface area contributed by atoms with Crippen LogP contribution in [0.15, 0.2) is 72.8 Å². The Balaban J connectivity index is 1.77. The Morgan fingerprint density at radius 2 is 1.61 bits per heavy atom.